The van der Waals surface area contributed by atoms with Gasteiger partial charge in [0.1, 0.15) is 6.04 Å². The number of hydrogen-bond acceptors (Lipinski definition) is 4. The molecule has 4 N–H and O–H groups in total. The summed E-state index contributed by atoms with van der Waals surface area (Å²) < 4.78 is 0. The molecule has 1 heterocycles. The van der Waals surface area contributed by atoms with Crippen molar-refractivity contribution < 1.29 is 19.8 Å². The number of nitrogens with two attached hydrogens (primary N) is 1. The molecule has 2 amide bonds. The van der Waals surface area contributed by atoms with E-state index in [1.54, 1.807) is 0 Å². The Kier molecular flexibility index (Phi) is 2.77. The minimum absolute atomic E-state index is 0.125. The summed E-state index contributed by atoms with van der Waals surface area (Å²) in [4.78, 5) is 23.5. The average molecular weight is 202 g/mol. The van der Waals surface area contributed by atoms with Gasteiger partial charge in [0.2, 0.25) is 5.91 Å². The van der Waals surface area contributed by atoms with Gasteiger partial charge >= 0.3 is 0 Å². The topological polar surface area (TPSA) is 104 Å². The van der Waals surface area contributed by atoms with E-state index in [-0.39, 0.29) is 13.0 Å². The maximum atomic E-state index is 11.5. The lowest BCUT2D eigenvalue weighted by atomic mass is 10.0. The van der Waals surface area contributed by atoms with E-state index in [0.29, 0.717) is 0 Å². The van der Waals surface area contributed by atoms with Crippen LogP contribution in [0.3, 0.4) is 0 Å². The van der Waals surface area contributed by atoms with Crippen molar-refractivity contribution in [1.82, 2.24) is 4.90 Å². The molecule has 0 spiro atoms. The zero-order valence-electron chi connectivity index (χ0n) is 7.93. The number of rotatable bonds is 3. The first-order valence-electron chi connectivity index (χ1n) is 4.36. The van der Waals surface area contributed by atoms with Crippen molar-refractivity contribution in [2.75, 3.05) is 13.2 Å². The van der Waals surface area contributed by atoms with E-state index in [1.165, 1.54) is 11.8 Å². The fourth-order valence-corrected chi connectivity index (χ4v) is 1.45. The Morgan fingerprint density at radius 3 is 2.71 bits per heavy atom. The van der Waals surface area contributed by atoms with Crippen LogP contribution in [0.2, 0.25) is 0 Å². The zero-order chi connectivity index (χ0) is 10.9. The molecule has 0 aromatic carbocycles. The lowest BCUT2D eigenvalue weighted by Gasteiger charge is -2.23. The molecule has 0 aromatic rings. The minimum atomic E-state index is -1.73. The van der Waals surface area contributed by atoms with Crippen LogP contribution in [0, 0.1) is 0 Å². The van der Waals surface area contributed by atoms with Crippen molar-refractivity contribution in [3.05, 3.63) is 0 Å². The Hall–Kier alpha value is -1.14. The Morgan fingerprint density at radius 2 is 2.36 bits per heavy atom. The lowest BCUT2D eigenvalue weighted by Crippen LogP contribution is -2.49. The average Bonchev–Trinajstić information content (AvgIpc) is 2.44. The van der Waals surface area contributed by atoms with E-state index in [1.807, 2.05) is 0 Å². The maximum Gasteiger partial charge on any atom is 0.257 e. The van der Waals surface area contributed by atoms with E-state index in [9.17, 15) is 14.7 Å². The number of aliphatic hydroxyl groups excluding tert-OH is 1. The first kappa shape index (κ1) is 10.9. The van der Waals surface area contributed by atoms with Crippen LogP contribution in [0.1, 0.15) is 13.3 Å². The molecule has 6 heteroatoms. The van der Waals surface area contributed by atoms with E-state index in [4.69, 9.17) is 10.8 Å². The van der Waals surface area contributed by atoms with Crippen molar-refractivity contribution in [3.8, 4) is 0 Å². The molecule has 0 bridgehead atoms. The Balaban J connectivity index is 2.79. The first-order valence-corrected chi connectivity index (χ1v) is 4.36. The molecule has 6 nitrogen and oxygen atoms in total. The van der Waals surface area contributed by atoms with E-state index >= 15 is 0 Å². The number of carbonyl (C=O) groups is 2. The molecule has 0 aromatic heterocycles. The summed E-state index contributed by atoms with van der Waals surface area (Å²) in [7, 11) is 0. The second kappa shape index (κ2) is 3.55. The van der Waals surface area contributed by atoms with Gasteiger partial charge in [-0.15, -0.1) is 0 Å². The zero-order valence-corrected chi connectivity index (χ0v) is 7.93. The number of nitrogens with zero attached hydrogens (tertiary/aromatic N) is 1. The molecule has 1 aliphatic heterocycles. The molecule has 0 saturated carbocycles. The van der Waals surface area contributed by atoms with Gasteiger partial charge in [0.05, 0.1) is 6.61 Å². The highest BCUT2D eigenvalue weighted by Crippen LogP contribution is 2.23. The molecule has 14 heavy (non-hydrogen) atoms. The summed E-state index contributed by atoms with van der Waals surface area (Å²) >= 11 is 0. The van der Waals surface area contributed by atoms with Gasteiger partial charge in [-0.05, 0) is 6.92 Å². The van der Waals surface area contributed by atoms with E-state index in [2.05, 4.69) is 0 Å². The molecule has 0 aliphatic carbocycles. The molecule has 0 radical (unpaired) electrons. The van der Waals surface area contributed by atoms with Gasteiger partial charge in [0.25, 0.3) is 5.91 Å². The summed E-state index contributed by atoms with van der Waals surface area (Å²) in [5.41, 5.74) is 3.30. The Labute approximate surface area is 81.3 Å². The summed E-state index contributed by atoms with van der Waals surface area (Å²) in [6.45, 7) is 1.09. The van der Waals surface area contributed by atoms with Gasteiger partial charge in [-0.1, -0.05) is 0 Å². The quantitative estimate of drug-likeness (QED) is 0.483. The van der Waals surface area contributed by atoms with Crippen molar-refractivity contribution in [3.63, 3.8) is 0 Å². The van der Waals surface area contributed by atoms with Gasteiger partial charge in [0, 0.05) is 13.0 Å². The fraction of sp³-hybridized carbons (Fsp3) is 0.750. The summed E-state index contributed by atoms with van der Waals surface area (Å²) in [6, 6.07) is -0.747. The fourth-order valence-electron chi connectivity index (χ4n) is 1.45. The summed E-state index contributed by atoms with van der Waals surface area (Å²) in [5.74, 6) is -1.26. The standard InChI is InChI=1S/C8H14N2O4/c1-5(6(9)12)10-3-2-8(14,4-11)7(10)13/h5,11,14H,2-4H2,1H3,(H2,9,12). The van der Waals surface area contributed by atoms with Crippen molar-refractivity contribution in [1.29, 1.82) is 0 Å². The largest absolute Gasteiger partial charge is 0.393 e. The number of primary amides is 1. The predicted molar refractivity (Wildman–Crippen MR) is 47.0 cm³/mol. The highest BCUT2D eigenvalue weighted by atomic mass is 16.3. The summed E-state index contributed by atoms with van der Waals surface area (Å²) in [5, 5.41) is 18.4. The Bertz CT molecular complexity index is 268. The minimum Gasteiger partial charge on any atom is -0.393 e. The second-order valence-electron chi connectivity index (χ2n) is 3.52. The van der Waals surface area contributed by atoms with Crippen molar-refractivity contribution in [2.24, 2.45) is 5.73 Å². The molecule has 2 unspecified atom stereocenters. The number of carbonyl (C=O) groups excluding carboxylic acids is 2. The van der Waals surface area contributed by atoms with Crippen LogP contribution in [-0.2, 0) is 9.59 Å². The van der Waals surface area contributed by atoms with Gasteiger partial charge < -0.3 is 20.8 Å². The lowest BCUT2D eigenvalue weighted by molar-refractivity contribution is -0.150. The van der Waals surface area contributed by atoms with E-state index < -0.39 is 30.1 Å². The number of aliphatic hydroxyl groups is 2. The van der Waals surface area contributed by atoms with Crippen LogP contribution in [-0.4, -0.2) is 51.7 Å². The van der Waals surface area contributed by atoms with Crippen LogP contribution in [0.5, 0.6) is 0 Å². The molecular formula is C8H14N2O4. The molecule has 1 fully saturated rings. The number of likely N-dealkylation sites (tertiary alicyclic amines) is 1. The maximum absolute atomic E-state index is 11.5. The van der Waals surface area contributed by atoms with Crippen LogP contribution in [0.15, 0.2) is 0 Å². The van der Waals surface area contributed by atoms with Crippen LogP contribution in [0.4, 0.5) is 0 Å². The third-order valence-corrected chi connectivity index (χ3v) is 2.57. The van der Waals surface area contributed by atoms with Gasteiger partial charge in [-0.25, -0.2) is 0 Å². The number of amides is 2. The second-order valence-corrected chi connectivity index (χ2v) is 3.52. The van der Waals surface area contributed by atoms with Gasteiger partial charge in [-0.2, -0.15) is 0 Å². The van der Waals surface area contributed by atoms with Gasteiger partial charge in [-0.3, -0.25) is 9.59 Å². The summed E-state index contributed by atoms with van der Waals surface area (Å²) in [6.07, 6.45) is 0.125. The molecular weight excluding hydrogens is 188 g/mol. The third-order valence-electron chi connectivity index (χ3n) is 2.57. The third kappa shape index (κ3) is 1.58. The van der Waals surface area contributed by atoms with Crippen LogP contribution in [0.25, 0.3) is 0 Å². The van der Waals surface area contributed by atoms with Crippen LogP contribution < -0.4 is 5.73 Å². The van der Waals surface area contributed by atoms with Crippen molar-refractivity contribution >= 4 is 11.8 Å². The monoisotopic (exact) mass is 202 g/mol. The van der Waals surface area contributed by atoms with Crippen molar-refractivity contribution in [2.45, 2.75) is 25.0 Å². The Morgan fingerprint density at radius 1 is 1.79 bits per heavy atom. The SMILES string of the molecule is CC(C(N)=O)N1CCC(O)(CO)C1=O. The molecule has 1 rings (SSSR count). The van der Waals surface area contributed by atoms with E-state index in [0.717, 1.165) is 0 Å². The smallest absolute Gasteiger partial charge is 0.257 e. The number of hydrogen-bond donors (Lipinski definition) is 3. The molecule has 80 valence electrons. The highest BCUT2D eigenvalue weighted by molar-refractivity contribution is 5.92. The van der Waals surface area contributed by atoms with Crippen LogP contribution >= 0.6 is 0 Å². The highest BCUT2D eigenvalue weighted by Gasteiger charge is 2.46. The molecule has 1 saturated heterocycles. The van der Waals surface area contributed by atoms with Gasteiger partial charge in [0.15, 0.2) is 5.60 Å². The first-order chi connectivity index (χ1) is 6.42. The predicted octanol–water partition coefficient (Wildman–Crippen LogP) is -2.18. The normalized spacial score (nSPS) is 29.4. The molecule has 2 atom stereocenters. The molecule has 1 aliphatic rings.